The maximum atomic E-state index is 12.6. The summed E-state index contributed by atoms with van der Waals surface area (Å²) in [6.07, 6.45) is 4.74. The van der Waals surface area contributed by atoms with E-state index in [0.717, 1.165) is 47.1 Å². The third kappa shape index (κ3) is 6.92. The summed E-state index contributed by atoms with van der Waals surface area (Å²) in [7, 11) is 0. The van der Waals surface area contributed by atoms with Crippen LogP contribution in [0.25, 0.3) is 5.70 Å². The number of pyridine rings is 1. The minimum atomic E-state index is -0.156. The number of nitrogens with one attached hydrogen (secondary N) is 1. The molecule has 38 heavy (non-hydrogen) atoms. The number of ether oxygens (including phenoxy) is 1. The lowest BCUT2D eigenvalue weighted by Gasteiger charge is -2.29. The number of amides is 2. The van der Waals surface area contributed by atoms with E-state index in [1.54, 1.807) is 23.4 Å². The van der Waals surface area contributed by atoms with Crippen molar-refractivity contribution in [3.8, 4) is 0 Å². The van der Waals surface area contributed by atoms with E-state index in [2.05, 4.69) is 25.2 Å². The Kier molecular flexibility index (Phi) is 8.65. The van der Waals surface area contributed by atoms with Crippen LogP contribution >= 0.6 is 0 Å². The number of hydrogen-bond donors (Lipinski definition) is 2. The van der Waals surface area contributed by atoms with Gasteiger partial charge in [-0.25, -0.2) is 14.8 Å². The molecular weight excluding hydrogens is 482 g/mol. The molecular formula is C28H33N7O3. The Morgan fingerprint density at radius 3 is 2.55 bits per heavy atom. The van der Waals surface area contributed by atoms with Crippen LogP contribution in [0.15, 0.2) is 54.9 Å². The Morgan fingerprint density at radius 1 is 1.08 bits per heavy atom. The molecule has 1 aromatic carbocycles. The number of rotatable bonds is 4. The molecule has 1 saturated heterocycles. The highest BCUT2D eigenvalue weighted by Gasteiger charge is 2.30. The molecule has 4 heterocycles. The van der Waals surface area contributed by atoms with Gasteiger partial charge in [0.2, 0.25) is 0 Å². The maximum Gasteiger partial charge on any atom is 0.322 e. The van der Waals surface area contributed by atoms with Gasteiger partial charge in [0.05, 0.1) is 43.9 Å². The van der Waals surface area contributed by atoms with Gasteiger partial charge in [0.25, 0.3) is 0 Å². The number of anilines is 2. The molecule has 3 aromatic rings. The highest BCUT2D eigenvalue weighted by Crippen LogP contribution is 2.30. The highest BCUT2D eigenvalue weighted by molar-refractivity contribution is 5.94. The van der Waals surface area contributed by atoms with Crippen LogP contribution in [-0.2, 0) is 22.6 Å². The number of nitrogens with zero attached hydrogens (tertiary/aromatic N) is 5. The zero-order valence-electron chi connectivity index (χ0n) is 22.0. The summed E-state index contributed by atoms with van der Waals surface area (Å²) in [5, 5.41) is 2.88. The lowest BCUT2D eigenvalue weighted by molar-refractivity contribution is -0.112. The molecule has 0 atom stereocenters. The topological polar surface area (TPSA) is 127 Å². The second kappa shape index (κ2) is 12.3. The largest absolute Gasteiger partial charge is 0.398 e. The van der Waals surface area contributed by atoms with Crippen molar-refractivity contribution in [2.24, 2.45) is 5.73 Å². The molecule has 2 aliphatic heterocycles. The number of aromatic nitrogens is 3. The summed E-state index contributed by atoms with van der Waals surface area (Å²) in [6.45, 7) is 9.38. The highest BCUT2D eigenvalue weighted by atomic mass is 16.5. The van der Waals surface area contributed by atoms with Crippen LogP contribution in [0.1, 0.15) is 35.1 Å². The molecule has 2 amide bonds. The molecule has 3 N–H and O–H groups in total. The van der Waals surface area contributed by atoms with Gasteiger partial charge in [-0.05, 0) is 44.5 Å². The van der Waals surface area contributed by atoms with Crippen molar-refractivity contribution in [2.75, 3.05) is 36.5 Å². The molecule has 0 aliphatic carbocycles. The summed E-state index contributed by atoms with van der Waals surface area (Å²) in [5.74, 6) is 1.64. The second-order valence-electron chi connectivity index (χ2n) is 9.23. The van der Waals surface area contributed by atoms with Gasteiger partial charge in [-0.1, -0.05) is 23.8 Å². The Morgan fingerprint density at radius 2 is 1.87 bits per heavy atom. The lowest BCUT2D eigenvalue weighted by Crippen LogP contribution is -2.37. The molecule has 0 saturated carbocycles. The van der Waals surface area contributed by atoms with Crippen LogP contribution in [-0.4, -0.2) is 58.0 Å². The van der Waals surface area contributed by atoms with Crippen LogP contribution in [0.3, 0.4) is 0 Å². The van der Waals surface area contributed by atoms with E-state index in [9.17, 15) is 9.59 Å². The minimum absolute atomic E-state index is 0.0287. The zero-order chi connectivity index (χ0) is 27.1. The van der Waals surface area contributed by atoms with Gasteiger partial charge in [-0.2, -0.15) is 0 Å². The van der Waals surface area contributed by atoms with Crippen LogP contribution in [0.2, 0.25) is 0 Å². The van der Waals surface area contributed by atoms with Gasteiger partial charge in [-0.15, -0.1) is 0 Å². The predicted octanol–water partition coefficient (Wildman–Crippen LogP) is 3.45. The van der Waals surface area contributed by atoms with Crippen LogP contribution < -0.4 is 16.0 Å². The quantitative estimate of drug-likeness (QED) is 0.506. The maximum absolute atomic E-state index is 12.6. The number of benzene rings is 1. The number of ketones is 1. The van der Waals surface area contributed by atoms with Crippen LogP contribution in [0.5, 0.6) is 0 Å². The molecule has 10 nitrogen and oxygen atoms in total. The SMILES string of the molecule is CC(=O)/C=C(\N)c1cccc(C)c1.Cc1nc2c(c(N3CCOCC3)n1)CN(C(=O)Nc1cccnc1)C2. The van der Waals surface area contributed by atoms with Crippen molar-refractivity contribution in [3.05, 3.63) is 83.1 Å². The van der Waals surface area contributed by atoms with Gasteiger partial charge >= 0.3 is 6.03 Å². The van der Waals surface area contributed by atoms with Crippen molar-refractivity contribution in [2.45, 2.75) is 33.9 Å². The number of allylic oxidation sites excluding steroid dienone is 1. The summed E-state index contributed by atoms with van der Waals surface area (Å²) >= 11 is 0. The van der Waals surface area contributed by atoms with Gasteiger partial charge in [-0.3, -0.25) is 9.78 Å². The van der Waals surface area contributed by atoms with Crippen LogP contribution in [0.4, 0.5) is 16.3 Å². The number of aryl methyl sites for hydroxylation is 2. The number of carbonyl (C=O) groups is 2. The minimum Gasteiger partial charge on any atom is -0.398 e. The van der Waals surface area contributed by atoms with Crippen molar-refractivity contribution in [1.29, 1.82) is 0 Å². The summed E-state index contributed by atoms with van der Waals surface area (Å²) in [6, 6.07) is 11.2. The number of nitrogens with two attached hydrogens (primary N) is 1. The van der Waals surface area contributed by atoms with Crippen molar-refractivity contribution in [1.82, 2.24) is 19.9 Å². The first kappa shape index (κ1) is 26.7. The summed E-state index contributed by atoms with van der Waals surface area (Å²) < 4.78 is 5.43. The first-order chi connectivity index (χ1) is 18.3. The fraction of sp³-hybridized carbons (Fsp3) is 0.321. The Bertz CT molecular complexity index is 1320. The molecule has 0 radical (unpaired) electrons. The van der Waals surface area contributed by atoms with E-state index in [1.807, 2.05) is 44.2 Å². The number of urea groups is 1. The second-order valence-corrected chi connectivity index (χ2v) is 9.23. The third-order valence-corrected chi connectivity index (χ3v) is 6.09. The molecule has 5 rings (SSSR count). The average molecular weight is 516 g/mol. The number of fused-ring (bicyclic) bond motifs is 1. The molecule has 0 bridgehead atoms. The van der Waals surface area contributed by atoms with Gasteiger partial charge in [0.15, 0.2) is 5.78 Å². The van der Waals surface area contributed by atoms with E-state index >= 15 is 0 Å². The van der Waals surface area contributed by atoms with Crippen LogP contribution in [0, 0.1) is 13.8 Å². The Hall–Kier alpha value is -4.31. The van der Waals surface area contributed by atoms with Crippen molar-refractivity contribution >= 4 is 29.0 Å². The zero-order valence-corrected chi connectivity index (χ0v) is 22.0. The Balaban J connectivity index is 0.000000219. The third-order valence-electron chi connectivity index (χ3n) is 6.09. The summed E-state index contributed by atoms with van der Waals surface area (Å²) in [4.78, 5) is 40.5. The standard InChI is InChI=1S/C17H20N6O2.C11H13NO/c1-12-19-15-11-23(17(24)21-13-3-2-4-18-9-13)10-14(15)16(20-12)22-5-7-25-8-6-22;1-8-4-3-5-10(6-8)11(12)7-9(2)13/h2-4,9H,5-8,10-11H2,1H3,(H,21,24);3-7H,12H2,1-2H3/b;11-7-. The van der Waals surface area contributed by atoms with E-state index in [1.165, 1.54) is 13.0 Å². The molecule has 0 unspecified atom stereocenters. The molecule has 10 heteroatoms. The molecule has 198 valence electrons. The molecule has 2 aromatic heterocycles. The van der Waals surface area contributed by atoms with Gasteiger partial charge in [0, 0.05) is 36.6 Å². The van der Waals surface area contributed by atoms with Gasteiger partial charge in [0.1, 0.15) is 11.6 Å². The lowest BCUT2D eigenvalue weighted by atomic mass is 10.1. The molecule has 2 aliphatic rings. The van der Waals surface area contributed by atoms with E-state index in [4.69, 9.17) is 10.5 Å². The van der Waals surface area contributed by atoms with E-state index < -0.39 is 0 Å². The smallest absolute Gasteiger partial charge is 0.322 e. The first-order valence-corrected chi connectivity index (χ1v) is 12.5. The van der Waals surface area contributed by atoms with Crippen molar-refractivity contribution in [3.63, 3.8) is 0 Å². The van der Waals surface area contributed by atoms with Crippen molar-refractivity contribution < 1.29 is 14.3 Å². The monoisotopic (exact) mass is 515 g/mol. The number of hydrogen-bond acceptors (Lipinski definition) is 8. The van der Waals surface area contributed by atoms with Gasteiger partial charge < -0.3 is 25.6 Å². The fourth-order valence-corrected chi connectivity index (χ4v) is 4.30. The fourth-order valence-electron chi connectivity index (χ4n) is 4.30. The summed E-state index contributed by atoms with van der Waals surface area (Å²) in [5.41, 5.74) is 10.9. The van der Waals surface area contributed by atoms with E-state index in [0.29, 0.717) is 37.7 Å². The average Bonchev–Trinajstić information content (AvgIpc) is 3.33. The number of carbonyl (C=O) groups excluding carboxylic acids is 2. The normalized spacial score (nSPS) is 14.9. The Labute approximate surface area is 222 Å². The molecule has 1 fully saturated rings. The molecule has 0 spiro atoms. The number of morpholine rings is 1. The van der Waals surface area contributed by atoms with E-state index in [-0.39, 0.29) is 11.8 Å². The predicted molar refractivity (Wildman–Crippen MR) is 146 cm³/mol. The first-order valence-electron chi connectivity index (χ1n) is 12.5.